The standard InChI is InChI=1S/C15H13F3O3/c1-3-20-14(19)12-8-9(2)21-13(12)10-4-6-11(7-5-10)15(16,17)18/h4-8H,3H2,1-2H3. The molecule has 0 aliphatic heterocycles. The summed E-state index contributed by atoms with van der Waals surface area (Å²) in [6.07, 6.45) is -4.40. The van der Waals surface area contributed by atoms with Crippen LogP contribution in [0.5, 0.6) is 0 Å². The van der Waals surface area contributed by atoms with Crippen LogP contribution in [0.15, 0.2) is 34.7 Å². The van der Waals surface area contributed by atoms with Crippen LogP contribution in [-0.4, -0.2) is 12.6 Å². The van der Waals surface area contributed by atoms with Crippen LogP contribution in [0.2, 0.25) is 0 Å². The van der Waals surface area contributed by atoms with Gasteiger partial charge in [0.2, 0.25) is 0 Å². The van der Waals surface area contributed by atoms with E-state index in [1.165, 1.54) is 18.2 Å². The summed E-state index contributed by atoms with van der Waals surface area (Å²) in [5.41, 5.74) is -0.166. The van der Waals surface area contributed by atoms with Crippen LogP contribution in [0.3, 0.4) is 0 Å². The minimum absolute atomic E-state index is 0.203. The lowest BCUT2D eigenvalue weighted by atomic mass is 10.1. The van der Waals surface area contributed by atoms with Gasteiger partial charge in [-0.15, -0.1) is 0 Å². The summed E-state index contributed by atoms with van der Waals surface area (Å²) < 4.78 is 47.9. The first kappa shape index (κ1) is 15.2. The average Bonchev–Trinajstić information content (AvgIpc) is 2.80. The summed E-state index contributed by atoms with van der Waals surface area (Å²) in [7, 11) is 0. The van der Waals surface area contributed by atoms with Crippen molar-refractivity contribution in [3.05, 3.63) is 47.2 Å². The number of rotatable bonds is 3. The van der Waals surface area contributed by atoms with Crippen molar-refractivity contribution in [3.63, 3.8) is 0 Å². The van der Waals surface area contributed by atoms with Gasteiger partial charge in [0, 0.05) is 5.56 Å². The van der Waals surface area contributed by atoms with Gasteiger partial charge in [-0.2, -0.15) is 13.2 Å². The zero-order valence-electron chi connectivity index (χ0n) is 11.5. The summed E-state index contributed by atoms with van der Waals surface area (Å²) >= 11 is 0. The van der Waals surface area contributed by atoms with Gasteiger partial charge in [0.05, 0.1) is 12.2 Å². The van der Waals surface area contributed by atoms with Gasteiger partial charge in [-0.3, -0.25) is 0 Å². The lowest BCUT2D eigenvalue weighted by Crippen LogP contribution is -2.05. The Morgan fingerprint density at radius 3 is 2.38 bits per heavy atom. The van der Waals surface area contributed by atoms with Crippen LogP contribution in [0.4, 0.5) is 13.2 Å². The fourth-order valence-corrected chi connectivity index (χ4v) is 1.90. The van der Waals surface area contributed by atoms with E-state index in [9.17, 15) is 18.0 Å². The van der Waals surface area contributed by atoms with E-state index in [0.717, 1.165) is 12.1 Å². The number of carbonyl (C=O) groups is 1. The van der Waals surface area contributed by atoms with Crippen LogP contribution >= 0.6 is 0 Å². The van der Waals surface area contributed by atoms with Gasteiger partial charge in [-0.1, -0.05) is 12.1 Å². The molecule has 0 saturated heterocycles. The minimum atomic E-state index is -4.40. The minimum Gasteiger partial charge on any atom is -0.462 e. The van der Waals surface area contributed by atoms with Crippen molar-refractivity contribution in [1.82, 2.24) is 0 Å². The largest absolute Gasteiger partial charge is 0.462 e. The molecule has 0 bridgehead atoms. The molecular weight excluding hydrogens is 285 g/mol. The van der Waals surface area contributed by atoms with Crippen LogP contribution in [0.25, 0.3) is 11.3 Å². The zero-order valence-corrected chi connectivity index (χ0v) is 11.5. The van der Waals surface area contributed by atoms with E-state index < -0.39 is 17.7 Å². The number of ether oxygens (including phenoxy) is 1. The molecule has 2 rings (SSSR count). The highest BCUT2D eigenvalue weighted by atomic mass is 19.4. The van der Waals surface area contributed by atoms with E-state index in [4.69, 9.17) is 9.15 Å². The quantitative estimate of drug-likeness (QED) is 0.786. The number of furan rings is 1. The van der Waals surface area contributed by atoms with E-state index in [1.807, 2.05) is 0 Å². The molecule has 0 amide bonds. The molecule has 2 aromatic rings. The maximum atomic E-state index is 12.5. The first-order chi connectivity index (χ1) is 9.82. The first-order valence-corrected chi connectivity index (χ1v) is 6.28. The zero-order chi connectivity index (χ0) is 15.6. The Morgan fingerprint density at radius 2 is 1.86 bits per heavy atom. The number of aryl methyl sites for hydroxylation is 1. The van der Waals surface area contributed by atoms with Gasteiger partial charge in [0.1, 0.15) is 17.1 Å². The van der Waals surface area contributed by atoms with Gasteiger partial charge >= 0.3 is 12.1 Å². The highest BCUT2D eigenvalue weighted by Gasteiger charge is 2.30. The van der Waals surface area contributed by atoms with Gasteiger partial charge in [0.15, 0.2) is 0 Å². The maximum Gasteiger partial charge on any atom is 0.416 e. The Bertz CT molecular complexity index is 639. The Labute approximate surface area is 119 Å². The highest BCUT2D eigenvalue weighted by Crippen LogP contribution is 2.33. The number of hydrogen-bond donors (Lipinski definition) is 0. The normalized spacial score (nSPS) is 11.5. The fraction of sp³-hybridized carbons (Fsp3) is 0.267. The number of hydrogen-bond acceptors (Lipinski definition) is 3. The summed E-state index contributed by atoms with van der Waals surface area (Å²) in [5, 5.41) is 0. The molecule has 0 unspecified atom stereocenters. The second-order valence-electron chi connectivity index (χ2n) is 4.40. The SMILES string of the molecule is CCOC(=O)c1cc(C)oc1-c1ccc(C(F)(F)F)cc1. The monoisotopic (exact) mass is 298 g/mol. The summed E-state index contributed by atoms with van der Waals surface area (Å²) in [4.78, 5) is 11.8. The predicted octanol–water partition coefficient (Wildman–Crippen LogP) is 4.45. The second-order valence-corrected chi connectivity index (χ2v) is 4.40. The third kappa shape index (κ3) is 3.26. The summed E-state index contributed by atoms with van der Waals surface area (Å²) in [5.74, 6) is 0.122. The number of benzene rings is 1. The molecule has 0 atom stereocenters. The molecule has 112 valence electrons. The topological polar surface area (TPSA) is 39.4 Å². The Morgan fingerprint density at radius 1 is 1.24 bits per heavy atom. The van der Waals surface area contributed by atoms with Gasteiger partial charge in [-0.05, 0) is 32.0 Å². The summed E-state index contributed by atoms with van der Waals surface area (Å²) in [6.45, 7) is 3.52. The molecular formula is C15H13F3O3. The van der Waals surface area contributed by atoms with Crippen LogP contribution in [-0.2, 0) is 10.9 Å². The Kier molecular flexibility index (Phi) is 4.06. The molecule has 1 heterocycles. The molecule has 6 heteroatoms. The number of carbonyl (C=O) groups excluding carboxylic acids is 1. The molecule has 3 nitrogen and oxygen atoms in total. The van der Waals surface area contributed by atoms with Crippen molar-refractivity contribution in [3.8, 4) is 11.3 Å². The van der Waals surface area contributed by atoms with Crippen molar-refractivity contribution in [2.24, 2.45) is 0 Å². The predicted molar refractivity (Wildman–Crippen MR) is 69.8 cm³/mol. The lowest BCUT2D eigenvalue weighted by Gasteiger charge is -2.07. The van der Waals surface area contributed by atoms with E-state index in [0.29, 0.717) is 11.3 Å². The number of halogens is 3. The van der Waals surface area contributed by atoms with Crippen LogP contribution < -0.4 is 0 Å². The van der Waals surface area contributed by atoms with Crippen molar-refractivity contribution >= 4 is 5.97 Å². The third-order valence-electron chi connectivity index (χ3n) is 2.83. The molecule has 0 saturated carbocycles. The van der Waals surface area contributed by atoms with E-state index >= 15 is 0 Å². The van der Waals surface area contributed by atoms with Crippen LogP contribution in [0, 0.1) is 6.92 Å². The smallest absolute Gasteiger partial charge is 0.416 e. The Balaban J connectivity index is 2.40. The van der Waals surface area contributed by atoms with E-state index in [-0.39, 0.29) is 17.9 Å². The van der Waals surface area contributed by atoms with Crippen molar-refractivity contribution in [1.29, 1.82) is 0 Å². The van der Waals surface area contributed by atoms with Gasteiger partial charge < -0.3 is 9.15 Å². The number of esters is 1. The lowest BCUT2D eigenvalue weighted by molar-refractivity contribution is -0.137. The van der Waals surface area contributed by atoms with Crippen molar-refractivity contribution in [2.75, 3.05) is 6.61 Å². The molecule has 21 heavy (non-hydrogen) atoms. The van der Waals surface area contributed by atoms with Crippen molar-refractivity contribution in [2.45, 2.75) is 20.0 Å². The number of alkyl halides is 3. The molecule has 0 radical (unpaired) electrons. The first-order valence-electron chi connectivity index (χ1n) is 6.28. The summed E-state index contributed by atoms with van der Waals surface area (Å²) in [6, 6.07) is 5.93. The highest BCUT2D eigenvalue weighted by molar-refractivity contribution is 5.96. The van der Waals surface area contributed by atoms with E-state index in [1.54, 1.807) is 13.8 Å². The third-order valence-corrected chi connectivity index (χ3v) is 2.83. The molecule has 0 spiro atoms. The molecule has 0 N–H and O–H groups in total. The molecule has 1 aromatic carbocycles. The fourth-order valence-electron chi connectivity index (χ4n) is 1.90. The maximum absolute atomic E-state index is 12.5. The van der Waals surface area contributed by atoms with E-state index in [2.05, 4.69) is 0 Å². The molecule has 1 aromatic heterocycles. The van der Waals surface area contributed by atoms with Gasteiger partial charge in [0.25, 0.3) is 0 Å². The molecule has 0 aliphatic rings. The average molecular weight is 298 g/mol. The Hall–Kier alpha value is -2.24. The van der Waals surface area contributed by atoms with Crippen LogP contribution in [0.1, 0.15) is 28.6 Å². The van der Waals surface area contributed by atoms with Crippen molar-refractivity contribution < 1.29 is 27.1 Å². The molecule has 0 aliphatic carbocycles. The molecule has 0 fully saturated rings. The van der Waals surface area contributed by atoms with Gasteiger partial charge in [-0.25, -0.2) is 4.79 Å². The second kappa shape index (κ2) is 5.63.